The average Bonchev–Trinajstić information content (AvgIpc) is 2.57. The van der Waals surface area contributed by atoms with Gasteiger partial charge in [0.05, 0.1) is 11.3 Å². The van der Waals surface area contributed by atoms with E-state index in [4.69, 9.17) is 16.0 Å². The summed E-state index contributed by atoms with van der Waals surface area (Å²) in [6, 6.07) is 1.62. The van der Waals surface area contributed by atoms with Gasteiger partial charge < -0.3 is 4.42 Å². The normalized spacial score (nSPS) is 11.1. The minimum atomic E-state index is -0.395. The minimum absolute atomic E-state index is 0.155. The molecule has 1 nitrogen and oxygen atoms in total. The minimum Gasteiger partial charge on any atom is -0.464 e. The van der Waals surface area contributed by atoms with Crippen molar-refractivity contribution >= 4 is 45.2 Å². The topological polar surface area (TPSA) is 13.1 Å². The van der Waals surface area contributed by atoms with E-state index in [2.05, 4.69) is 22.6 Å². The molecule has 14 heavy (non-hydrogen) atoms. The molecule has 74 valence electrons. The molecule has 2 rings (SSSR count). The van der Waals surface area contributed by atoms with Crippen LogP contribution in [-0.4, -0.2) is 0 Å². The summed E-state index contributed by atoms with van der Waals surface area (Å²) in [6.45, 7) is 1.67. The van der Waals surface area contributed by atoms with Crippen molar-refractivity contribution in [2.45, 2.75) is 11.4 Å². The van der Waals surface area contributed by atoms with E-state index in [1.165, 1.54) is 0 Å². The van der Waals surface area contributed by atoms with Crippen molar-refractivity contribution in [3.63, 3.8) is 0 Å². The van der Waals surface area contributed by atoms with Crippen LogP contribution in [0.25, 0.3) is 11.0 Å². The Balaban J connectivity index is 2.86. The van der Waals surface area contributed by atoms with Crippen molar-refractivity contribution in [2.24, 2.45) is 0 Å². The predicted molar refractivity (Wildman–Crippen MR) is 63.6 cm³/mol. The van der Waals surface area contributed by atoms with Gasteiger partial charge in [0.25, 0.3) is 0 Å². The van der Waals surface area contributed by atoms with Crippen LogP contribution in [0, 0.1) is 12.7 Å². The third kappa shape index (κ3) is 1.42. The molecule has 0 aliphatic heterocycles. The van der Waals surface area contributed by atoms with E-state index in [1.54, 1.807) is 19.3 Å². The lowest BCUT2D eigenvalue weighted by molar-refractivity contribution is 0.589. The SMILES string of the molecule is Cc1c(F)c(Cl)cc2c(CI)coc12. The zero-order chi connectivity index (χ0) is 10.3. The Bertz CT molecular complexity index is 492. The number of rotatable bonds is 1. The van der Waals surface area contributed by atoms with Gasteiger partial charge in [-0.1, -0.05) is 34.2 Å². The Morgan fingerprint density at radius 2 is 2.29 bits per heavy atom. The largest absolute Gasteiger partial charge is 0.464 e. The highest BCUT2D eigenvalue weighted by Gasteiger charge is 2.13. The van der Waals surface area contributed by atoms with Crippen LogP contribution >= 0.6 is 34.2 Å². The van der Waals surface area contributed by atoms with Gasteiger partial charge in [0.15, 0.2) is 0 Å². The molecule has 0 N–H and O–H groups in total. The fourth-order valence-corrected chi connectivity index (χ4v) is 2.27. The van der Waals surface area contributed by atoms with Gasteiger partial charge in [0.1, 0.15) is 11.4 Å². The van der Waals surface area contributed by atoms with Crippen molar-refractivity contribution in [3.8, 4) is 0 Å². The molecule has 0 radical (unpaired) electrons. The van der Waals surface area contributed by atoms with Gasteiger partial charge in [0.2, 0.25) is 0 Å². The Hall–Kier alpha value is -0.290. The second kappa shape index (κ2) is 3.70. The van der Waals surface area contributed by atoms with Crippen LogP contribution in [-0.2, 0) is 4.43 Å². The Labute approximate surface area is 99.4 Å². The first-order valence-corrected chi connectivity index (χ1v) is 5.96. The maximum atomic E-state index is 13.4. The van der Waals surface area contributed by atoms with Gasteiger partial charge in [-0.3, -0.25) is 0 Å². The van der Waals surface area contributed by atoms with E-state index in [0.717, 1.165) is 15.4 Å². The number of aryl methyl sites for hydroxylation is 1. The molecular formula is C10H7ClFIO. The van der Waals surface area contributed by atoms with Gasteiger partial charge in [-0.15, -0.1) is 0 Å². The second-order valence-electron chi connectivity index (χ2n) is 3.07. The maximum absolute atomic E-state index is 13.4. The van der Waals surface area contributed by atoms with Crippen molar-refractivity contribution < 1.29 is 8.81 Å². The fourth-order valence-electron chi connectivity index (χ4n) is 1.42. The quantitative estimate of drug-likeness (QED) is 0.557. The fraction of sp³-hybridized carbons (Fsp3) is 0.200. The Kier molecular flexibility index (Phi) is 2.70. The van der Waals surface area contributed by atoms with Gasteiger partial charge in [-0.2, -0.15) is 0 Å². The van der Waals surface area contributed by atoms with Crippen molar-refractivity contribution in [2.75, 3.05) is 0 Å². The number of fused-ring (bicyclic) bond motifs is 1. The molecule has 1 aromatic carbocycles. The van der Waals surface area contributed by atoms with Crippen LogP contribution in [0.3, 0.4) is 0 Å². The van der Waals surface area contributed by atoms with E-state index in [1.807, 2.05) is 0 Å². The molecule has 2 aromatic rings. The van der Waals surface area contributed by atoms with Crippen LogP contribution in [0.4, 0.5) is 4.39 Å². The van der Waals surface area contributed by atoms with E-state index in [9.17, 15) is 4.39 Å². The highest BCUT2D eigenvalue weighted by Crippen LogP contribution is 2.31. The molecule has 0 spiro atoms. The summed E-state index contributed by atoms with van der Waals surface area (Å²) in [7, 11) is 0. The number of halogens is 3. The van der Waals surface area contributed by atoms with Crippen LogP contribution < -0.4 is 0 Å². The van der Waals surface area contributed by atoms with Gasteiger partial charge in [0, 0.05) is 20.9 Å². The van der Waals surface area contributed by atoms with Gasteiger partial charge in [-0.05, 0) is 13.0 Å². The molecule has 1 heterocycles. The monoisotopic (exact) mass is 324 g/mol. The molecule has 0 fully saturated rings. The number of alkyl halides is 1. The number of benzene rings is 1. The van der Waals surface area contributed by atoms with E-state index >= 15 is 0 Å². The van der Waals surface area contributed by atoms with Crippen LogP contribution in [0.5, 0.6) is 0 Å². The zero-order valence-corrected chi connectivity index (χ0v) is 10.3. The van der Waals surface area contributed by atoms with Crippen LogP contribution in [0.15, 0.2) is 16.7 Å². The lowest BCUT2D eigenvalue weighted by Crippen LogP contribution is -1.85. The molecule has 4 heteroatoms. The summed E-state index contributed by atoms with van der Waals surface area (Å²) in [6.07, 6.45) is 1.65. The molecule has 1 aromatic heterocycles. The maximum Gasteiger partial charge on any atom is 0.148 e. The zero-order valence-electron chi connectivity index (χ0n) is 7.40. The Morgan fingerprint density at radius 1 is 1.57 bits per heavy atom. The number of hydrogen-bond acceptors (Lipinski definition) is 1. The summed E-state index contributed by atoms with van der Waals surface area (Å²) >= 11 is 7.99. The second-order valence-corrected chi connectivity index (χ2v) is 4.24. The molecule has 0 amide bonds. The molecule has 0 saturated heterocycles. The first kappa shape index (κ1) is 10.2. The standard InChI is InChI=1S/C10H7ClFIO/c1-5-9(12)8(11)2-7-6(3-13)4-14-10(5)7/h2,4H,3H2,1H3. The summed E-state index contributed by atoms with van der Waals surface area (Å²) in [4.78, 5) is 0. The highest BCUT2D eigenvalue weighted by atomic mass is 127. The van der Waals surface area contributed by atoms with Gasteiger partial charge in [-0.25, -0.2) is 4.39 Å². The average molecular weight is 325 g/mol. The third-order valence-electron chi connectivity index (χ3n) is 2.20. The molecule has 0 aliphatic carbocycles. The molecular weight excluding hydrogens is 317 g/mol. The van der Waals surface area contributed by atoms with E-state index in [0.29, 0.717) is 11.1 Å². The summed E-state index contributed by atoms with van der Waals surface area (Å²) in [5.41, 5.74) is 2.12. The highest BCUT2D eigenvalue weighted by molar-refractivity contribution is 14.1. The number of furan rings is 1. The summed E-state index contributed by atoms with van der Waals surface area (Å²) < 4.78 is 19.5. The molecule has 0 unspecified atom stereocenters. The molecule has 0 bridgehead atoms. The lowest BCUT2D eigenvalue weighted by atomic mass is 10.1. The van der Waals surface area contributed by atoms with Crippen LogP contribution in [0.1, 0.15) is 11.1 Å². The summed E-state index contributed by atoms with van der Waals surface area (Å²) in [5, 5.41) is 1.06. The van der Waals surface area contributed by atoms with Crippen molar-refractivity contribution in [1.29, 1.82) is 0 Å². The summed E-state index contributed by atoms with van der Waals surface area (Å²) in [5.74, 6) is -0.395. The van der Waals surface area contributed by atoms with Crippen molar-refractivity contribution in [3.05, 3.63) is 34.3 Å². The first-order chi connectivity index (χ1) is 6.65. The molecule has 0 atom stereocenters. The van der Waals surface area contributed by atoms with Crippen molar-refractivity contribution in [1.82, 2.24) is 0 Å². The number of hydrogen-bond donors (Lipinski definition) is 0. The van der Waals surface area contributed by atoms with Gasteiger partial charge >= 0.3 is 0 Å². The smallest absolute Gasteiger partial charge is 0.148 e. The lowest BCUT2D eigenvalue weighted by Gasteiger charge is -2.00. The van der Waals surface area contributed by atoms with E-state index < -0.39 is 5.82 Å². The Morgan fingerprint density at radius 3 is 2.93 bits per heavy atom. The third-order valence-corrected chi connectivity index (χ3v) is 3.30. The molecule has 0 aliphatic rings. The van der Waals surface area contributed by atoms with E-state index in [-0.39, 0.29) is 5.02 Å². The predicted octanol–water partition coefficient (Wildman–Crippen LogP) is 4.47. The van der Waals surface area contributed by atoms with Crippen LogP contribution in [0.2, 0.25) is 5.02 Å². The first-order valence-electron chi connectivity index (χ1n) is 4.05. The molecule has 0 saturated carbocycles.